The van der Waals surface area contributed by atoms with Gasteiger partial charge >= 0.3 is 11.9 Å². The third-order valence-corrected chi connectivity index (χ3v) is 5.99. The summed E-state index contributed by atoms with van der Waals surface area (Å²) in [5.41, 5.74) is 0. The van der Waals surface area contributed by atoms with Crippen molar-refractivity contribution in [3.05, 3.63) is 0 Å². The maximum atomic E-state index is 13.0. The largest absolute Gasteiger partial charge is 0.521 e. The fourth-order valence-electron chi connectivity index (χ4n) is 3.39. The first-order valence-corrected chi connectivity index (χ1v) is 8.50. The zero-order chi connectivity index (χ0) is 17.3. The first-order valence-electron chi connectivity index (χ1n) is 8.50. The van der Waals surface area contributed by atoms with Crippen molar-refractivity contribution in [1.29, 1.82) is 0 Å². The topological polar surface area (TPSA) is 34.1 Å². The highest BCUT2D eigenvalue weighted by Gasteiger charge is 2.53. The van der Waals surface area contributed by atoms with Crippen molar-refractivity contribution in [3.63, 3.8) is 0 Å². The number of quaternary nitrogens is 3. The summed E-state index contributed by atoms with van der Waals surface area (Å²) in [5.74, 6) is 0.0705. The number of nitrogens with zero attached hydrogens (tertiary/aromatic N) is 3. The highest BCUT2D eigenvalue weighted by molar-refractivity contribution is 5.81. The molecule has 5 nitrogen and oxygen atoms in total. The zero-order valence-corrected chi connectivity index (χ0v) is 15.8. The summed E-state index contributed by atoms with van der Waals surface area (Å²) in [5, 5.41) is 0. The van der Waals surface area contributed by atoms with Gasteiger partial charge in [-0.15, -0.1) is 4.48 Å². The van der Waals surface area contributed by atoms with E-state index in [4.69, 9.17) is 0 Å². The summed E-state index contributed by atoms with van der Waals surface area (Å²) in [7, 11) is 7.94. The molecule has 0 aromatic heterocycles. The van der Waals surface area contributed by atoms with Gasteiger partial charge in [-0.3, -0.25) is 0 Å². The first-order chi connectivity index (χ1) is 9.88. The Kier molecular flexibility index (Phi) is 5.59. The lowest BCUT2D eigenvalue weighted by Gasteiger charge is -2.43. The van der Waals surface area contributed by atoms with Crippen LogP contribution in [-0.4, -0.2) is 85.3 Å². The van der Waals surface area contributed by atoms with E-state index in [9.17, 15) is 9.59 Å². The number of amides is 3. The normalized spacial score (nSPS) is 23.6. The van der Waals surface area contributed by atoms with Gasteiger partial charge in [0.2, 0.25) is 0 Å². The van der Waals surface area contributed by atoms with Crippen LogP contribution < -0.4 is 0 Å². The third-order valence-electron chi connectivity index (χ3n) is 5.99. The molecule has 1 fully saturated rings. The van der Waals surface area contributed by atoms with Crippen molar-refractivity contribution in [2.75, 3.05) is 47.8 Å². The van der Waals surface area contributed by atoms with Crippen molar-refractivity contribution >= 4 is 11.9 Å². The molecule has 1 aliphatic rings. The molecule has 1 rings (SSSR count). The van der Waals surface area contributed by atoms with E-state index in [2.05, 4.69) is 34.7 Å². The van der Waals surface area contributed by atoms with Gasteiger partial charge in [-0.1, -0.05) is 0 Å². The molecule has 3 amide bonds. The number of hydrogen-bond donors (Lipinski definition) is 0. The lowest BCUT2D eigenvalue weighted by atomic mass is 10.1. The van der Waals surface area contributed by atoms with Gasteiger partial charge in [0.05, 0.1) is 53.2 Å². The van der Waals surface area contributed by atoms with Crippen LogP contribution in [0.4, 0.5) is 4.79 Å². The Hall–Kier alpha value is -0.780. The molecule has 0 spiro atoms. The minimum absolute atomic E-state index is 0.0277. The summed E-state index contributed by atoms with van der Waals surface area (Å²) in [6.45, 7) is 11.3. The molecular weight excluding hydrogens is 278 g/mol. The Labute approximate surface area is 136 Å². The first kappa shape index (κ1) is 19.3. The zero-order valence-electron chi connectivity index (χ0n) is 15.8. The van der Waals surface area contributed by atoms with Gasteiger partial charge < -0.3 is 4.48 Å². The van der Waals surface area contributed by atoms with E-state index < -0.39 is 0 Å². The van der Waals surface area contributed by atoms with Gasteiger partial charge in [-0.2, -0.15) is 4.79 Å². The Balaban J connectivity index is 2.87. The summed E-state index contributed by atoms with van der Waals surface area (Å²) in [4.78, 5) is 25.1. The maximum Gasteiger partial charge on any atom is 0.521 e. The van der Waals surface area contributed by atoms with Crippen LogP contribution in [0.1, 0.15) is 40.5 Å². The predicted octanol–water partition coefficient (Wildman–Crippen LogP) is 2.21. The van der Waals surface area contributed by atoms with Gasteiger partial charge in [0.1, 0.15) is 13.1 Å². The molecule has 0 aromatic rings. The Morgan fingerprint density at radius 3 is 1.95 bits per heavy atom. The summed E-state index contributed by atoms with van der Waals surface area (Å²) in [6, 6.07) is 1.04. The molecule has 0 aliphatic carbocycles. The third kappa shape index (κ3) is 3.42. The summed E-state index contributed by atoms with van der Waals surface area (Å²) in [6.07, 6.45) is 1.36. The summed E-state index contributed by atoms with van der Waals surface area (Å²) >= 11 is 0. The van der Waals surface area contributed by atoms with Crippen molar-refractivity contribution in [2.45, 2.75) is 52.6 Å². The van der Waals surface area contributed by atoms with Crippen molar-refractivity contribution in [3.8, 4) is 0 Å². The van der Waals surface area contributed by atoms with Crippen LogP contribution in [0.25, 0.3) is 0 Å². The molecule has 0 bridgehead atoms. The molecule has 0 aromatic carbocycles. The SMILES string of the molecule is CC(C)[N+](C)(CC[N+](C)(C)C(=O)[N+]1(C)CCCC1=O)C(C)C. The lowest BCUT2D eigenvalue weighted by molar-refractivity contribution is -0.977. The van der Waals surface area contributed by atoms with E-state index in [-0.39, 0.29) is 20.9 Å². The fraction of sp³-hybridized carbons (Fsp3) is 0.882. The molecule has 0 N–H and O–H groups in total. The average molecular weight is 314 g/mol. The van der Waals surface area contributed by atoms with Crippen LogP contribution in [0.15, 0.2) is 0 Å². The van der Waals surface area contributed by atoms with E-state index >= 15 is 0 Å². The molecule has 0 radical (unpaired) electrons. The molecule has 5 heteroatoms. The Morgan fingerprint density at radius 2 is 1.59 bits per heavy atom. The monoisotopic (exact) mass is 314 g/mol. The van der Waals surface area contributed by atoms with Gasteiger partial charge in [0.25, 0.3) is 0 Å². The van der Waals surface area contributed by atoms with Crippen LogP contribution in [-0.2, 0) is 4.79 Å². The minimum atomic E-state index is -0.0277. The average Bonchev–Trinajstić information content (AvgIpc) is 2.75. The van der Waals surface area contributed by atoms with Crippen LogP contribution in [0.5, 0.6) is 0 Å². The number of hydrogen-bond acceptors (Lipinski definition) is 2. The van der Waals surface area contributed by atoms with Crippen LogP contribution in [0, 0.1) is 0 Å². The van der Waals surface area contributed by atoms with Gasteiger partial charge in [-0.05, 0) is 27.7 Å². The van der Waals surface area contributed by atoms with E-state index in [1.165, 1.54) is 0 Å². The molecule has 1 atom stereocenters. The van der Waals surface area contributed by atoms with E-state index in [1.54, 1.807) is 7.05 Å². The second-order valence-electron chi connectivity index (χ2n) is 8.36. The molecule has 22 heavy (non-hydrogen) atoms. The van der Waals surface area contributed by atoms with Crippen LogP contribution in [0.3, 0.4) is 0 Å². The number of urea groups is 1. The van der Waals surface area contributed by atoms with Crippen LogP contribution >= 0.6 is 0 Å². The molecule has 0 saturated carbocycles. The second kappa shape index (κ2) is 6.38. The Morgan fingerprint density at radius 1 is 1.09 bits per heavy atom. The second-order valence-corrected chi connectivity index (χ2v) is 8.36. The van der Waals surface area contributed by atoms with Gasteiger partial charge in [0, 0.05) is 6.42 Å². The molecule has 1 heterocycles. The number of likely N-dealkylation sites (N-methyl/N-ethyl adjacent to an activating group) is 2. The van der Waals surface area contributed by atoms with Gasteiger partial charge in [-0.25, -0.2) is 9.28 Å². The standard InChI is InChI=1S/C17H36N3O2/c1-14(2)19(7,15(3)4)13-12-18(5,6)17(22)20(8)11-9-10-16(20)21/h14-15H,9-13H2,1-8H3/q+3. The maximum absolute atomic E-state index is 13.0. The van der Waals surface area contributed by atoms with Crippen molar-refractivity contribution in [2.24, 2.45) is 0 Å². The molecule has 1 saturated heterocycles. The number of likely N-dealkylation sites (tertiary alicyclic amines) is 1. The smallest absolute Gasteiger partial charge is 0.317 e. The highest BCUT2D eigenvalue weighted by atomic mass is 16.2. The number of carbonyl (C=O) groups excluding carboxylic acids is 2. The molecule has 1 unspecified atom stereocenters. The lowest BCUT2D eigenvalue weighted by Crippen LogP contribution is -2.66. The number of carbonyl (C=O) groups is 2. The Bertz CT molecular complexity index is 435. The number of rotatable bonds is 5. The minimum Gasteiger partial charge on any atom is -0.317 e. The molecule has 128 valence electrons. The van der Waals surface area contributed by atoms with Crippen molar-refractivity contribution in [1.82, 2.24) is 0 Å². The van der Waals surface area contributed by atoms with Crippen molar-refractivity contribution < 1.29 is 23.0 Å². The highest BCUT2D eigenvalue weighted by Crippen LogP contribution is 2.24. The van der Waals surface area contributed by atoms with E-state index in [1.807, 2.05) is 14.1 Å². The van der Waals surface area contributed by atoms with Crippen LogP contribution in [0.2, 0.25) is 0 Å². The molecule has 1 aliphatic heterocycles. The number of imide groups is 1. The van der Waals surface area contributed by atoms with Gasteiger partial charge in [0.15, 0.2) is 0 Å². The molecular formula is C17H36N3O2+3. The van der Waals surface area contributed by atoms with E-state index in [0.717, 1.165) is 24.0 Å². The fourth-order valence-corrected chi connectivity index (χ4v) is 3.39. The predicted molar refractivity (Wildman–Crippen MR) is 89.0 cm³/mol. The van der Waals surface area contributed by atoms with E-state index in [0.29, 0.717) is 25.0 Å². The summed E-state index contributed by atoms with van der Waals surface area (Å²) < 4.78 is 1.18. The quantitative estimate of drug-likeness (QED) is 0.729.